The van der Waals surface area contributed by atoms with E-state index in [1.54, 1.807) is 14.2 Å². The second-order valence-electron chi connectivity index (χ2n) is 3.35. The smallest absolute Gasteiger partial charge is 0.242 e. The van der Waals surface area contributed by atoms with E-state index in [0.717, 1.165) is 0 Å². The zero-order valence-electron chi connectivity index (χ0n) is 7.96. The molecular weight excluding hydrogens is 158 g/mol. The Balaban J connectivity index is 2.64. The predicted molar refractivity (Wildman–Crippen MR) is 45.3 cm³/mol. The van der Waals surface area contributed by atoms with Gasteiger partial charge < -0.3 is 14.2 Å². The van der Waals surface area contributed by atoms with Gasteiger partial charge in [-0.25, -0.2) is 4.99 Å². The van der Waals surface area contributed by atoms with Crippen LogP contribution in [0.5, 0.6) is 0 Å². The topological polar surface area (TPSA) is 40.0 Å². The Bertz CT molecular complexity index is 185. The first-order valence-corrected chi connectivity index (χ1v) is 3.87. The number of rotatable bonds is 3. The van der Waals surface area contributed by atoms with Gasteiger partial charge in [0.25, 0.3) is 0 Å². The largest absolute Gasteiger partial charge is 0.475 e. The molecule has 0 N–H and O–H groups in total. The van der Waals surface area contributed by atoms with Gasteiger partial charge >= 0.3 is 0 Å². The number of nitrogens with zero attached hydrogens (tertiary/aromatic N) is 1. The van der Waals surface area contributed by atoms with Crippen molar-refractivity contribution in [2.75, 3.05) is 20.8 Å². The van der Waals surface area contributed by atoms with Crippen molar-refractivity contribution in [2.45, 2.75) is 25.7 Å². The molecule has 4 heteroatoms. The highest BCUT2D eigenvalue weighted by molar-refractivity contribution is 5.81. The molecule has 1 aliphatic heterocycles. The Morgan fingerprint density at radius 2 is 2.00 bits per heavy atom. The van der Waals surface area contributed by atoms with Gasteiger partial charge in [0, 0.05) is 14.2 Å². The number of aliphatic imine (C=N–C) groups is 1. The Morgan fingerprint density at radius 3 is 2.33 bits per heavy atom. The van der Waals surface area contributed by atoms with Crippen molar-refractivity contribution in [2.24, 2.45) is 4.99 Å². The normalized spacial score (nSPS) is 20.9. The third-order valence-electron chi connectivity index (χ3n) is 1.62. The lowest BCUT2D eigenvalue weighted by molar-refractivity contribution is -0.0638. The fourth-order valence-corrected chi connectivity index (χ4v) is 1.03. The van der Waals surface area contributed by atoms with Gasteiger partial charge in [-0.15, -0.1) is 0 Å². The summed E-state index contributed by atoms with van der Waals surface area (Å²) in [5, 5.41) is 0. The molecule has 0 spiro atoms. The summed E-state index contributed by atoms with van der Waals surface area (Å²) in [6.07, 6.45) is -0.466. The molecule has 0 bridgehead atoms. The summed E-state index contributed by atoms with van der Waals surface area (Å²) in [5.74, 6) is 0.532. The first kappa shape index (κ1) is 9.48. The van der Waals surface area contributed by atoms with Crippen LogP contribution in [0.4, 0.5) is 0 Å². The van der Waals surface area contributed by atoms with Crippen LogP contribution in [0.15, 0.2) is 4.99 Å². The van der Waals surface area contributed by atoms with Gasteiger partial charge in [-0.2, -0.15) is 0 Å². The fraction of sp³-hybridized carbons (Fsp3) is 0.875. The molecule has 0 radical (unpaired) electrons. The zero-order valence-corrected chi connectivity index (χ0v) is 7.96. The highest BCUT2D eigenvalue weighted by Gasteiger charge is 2.30. The maximum Gasteiger partial charge on any atom is 0.242 e. The molecule has 0 aromatic heterocycles. The molecule has 0 unspecified atom stereocenters. The zero-order chi connectivity index (χ0) is 9.19. The Labute approximate surface area is 72.5 Å². The maximum atomic E-state index is 5.31. The molecular formula is C8H15NO3. The second-order valence-corrected chi connectivity index (χ2v) is 3.35. The summed E-state index contributed by atoms with van der Waals surface area (Å²) in [6, 6.07) is 0. The van der Waals surface area contributed by atoms with Gasteiger partial charge in [-0.05, 0) is 13.8 Å². The van der Waals surface area contributed by atoms with Crippen LogP contribution in [0.2, 0.25) is 0 Å². The average molecular weight is 173 g/mol. The van der Waals surface area contributed by atoms with Gasteiger partial charge in [-0.3, -0.25) is 0 Å². The van der Waals surface area contributed by atoms with E-state index in [2.05, 4.69) is 4.99 Å². The number of methoxy groups -OCH3 is 2. The third kappa shape index (κ3) is 1.95. The van der Waals surface area contributed by atoms with Crippen molar-refractivity contribution in [3.8, 4) is 0 Å². The molecule has 4 nitrogen and oxygen atoms in total. The number of hydrogen-bond donors (Lipinski definition) is 0. The van der Waals surface area contributed by atoms with Crippen LogP contribution in [-0.2, 0) is 14.2 Å². The van der Waals surface area contributed by atoms with Gasteiger partial charge in [-0.1, -0.05) is 0 Å². The van der Waals surface area contributed by atoms with Crippen LogP contribution in [0, 0.1) is 0 Å². The van der Waals surface area contributed by atoms with E-state index in [1.165, 1.54) is 0 Å². The fourth-order valence-electron chi connectivity index (χ4n) is 1.03. The van der Waals surface area contributed by atoms with Crippen molar-refractivity contribution in [3.63, 3.8) is 0 Å². The van der Waals surface area contributed by atoms with Gasteiger partial charge in [0.15, 0.2) is 0 Å². The molecule has 12 heavy (non-hydrogen) atoms. The summed E-state index contributed by atoms with van der Waals surface area (Å²) < 4.78 is 15.3. The van der Waals surface area contributed by atoms with E-state index in [9.17, 15) is 0 Å². The van der Waals surface area contributed by atoms with E-state index < -0.39 is 6.29 Å². The van der Waals surface area contributed by atoms with Gasteiger partial charge in [0.2, 0.25) is 12.2 Å². The lowest BCUT2D eigenvalue weighted by atomic mass is 10.1. The van der Waals surface area contributed by atoms with Crippen LogP contribution in [-0.4, -0.2) is 38.6 Å². The molecule has 1 heterocycles. The lowest BCUT2D eigenvalue weighted by Crippen LogP contribution is -2.24. The minimum atomic E-state index is -0.466. The molecule has 0 aromatic carbocycles. The first-order chi connectivity index (χ1) is 5.59. The molecule has 0 aromatic rings. The van der Waals surface area contributed by atoms with Crippen LogP contribution in [0.3, 0.4) is 0 Å². The second kappa shape index (κ2) is 3.41. The Kier molecular flexibility index (Phi) is 2.69. The molecule has 0 saturated carbocycles. The summed E-state index contributed by atoms with van der Waals surface area (Å²) in [5.41, 5.74) is -0.148. The van der Waals surface area contributed by atoms with E-state index >= 15 is 0 Å². The highest BCUT2D eigenvalue weighted by Crippen LogP contribution is 2.19. The van der Waals surface area contributed by atoms with E-state index in [0.29, 0.717) is 12.5 Å². The van der Waals surface area contributed by atoms with Crippen molar-refractivity contribution in [1.29, 1.82) is 0 Å². The number of ether oxygens (including phenoxy) is 3. The molecule has 0 saturated heterocycles. The molecule has 0 aliphatic carbocycles. The molecule has 1 aliphatic rings. The quantitative estimate of drug-likeness (QED) is 0.593. The summed E-state index contributed by atoms with van der Waals surface area (Å²) in [7, 11) is 3.12. The van der Waals surface area contributed by atoms with Crippen molar-refractivity contribution >= 4 is 5.90 Å². The monoisotopic (exact) mass is 173 g/mol. The number of hydrogen-bond acceptors (Lipinski definition) is 4. The average Bonchev–Trinajstić information content (AvgIpc) is 2.34. The molecule has 0 amide bonds. The third-order valence-corrected chi connectivity index (χ3v) is 1.62. The van der Waals surface area contributed by atoms with Crippen molar-refractivity contribution < 1.29 is 14.2 Å². The maximum absolute atomic E-state index is 5.31. The van der Waals surface area contributed by atoms with Crippen LogP contribution < -0.4 is 0 Å². The molecule has 70 valence electrons. The van der Waals surface area contributed by atoms with E-state index in [-0.39, 0.29) is 5.54 Å². The van der Waals surface area contributed by atoms with Crippen LogP contribution in [0.25, 0.3) is 0 Å². The van der Waals surface area contributed by atoms with E-state index in [4.69, 9.17) is 14.2 Å². The minimum absolute atomic E-state index is 0.148. The Hall–Kier alpha value is -0.610. The molecule has 0 atom stereocenters. The Morgan fingerprint density at radius 1 is 1.42 bits per heavy atom. The van der Waals surface area contributed by atoms with Gasteiger partial charge in [0.1, 0.15) is 6.61 Å². The van der Waals surface area contributed by atoms with Crippen LogP contribution >= 0.6 is 0 Å². The highest BCUT2D eigenvalue weighted by atomic mass is 16.7. The minimum Gasteiger partial charge on any atom is -0.475 e. The standard InChI is InChI=1S/C8H15NO3/c1-8(2)5-12-6(9-8)7(10-3)11-4/h7H,5H2,1-4H3. The predicted octanol–water partition coefficient (Wildman–Crippen LogP) is 0.813. The SMILES string of the molecule is COC(OC)C1=NC(C)(C)CO1. The molecule has 1 rings (SSSR count). The van der Waals surface area contributed by atoms with E-state index in [1.807, 2.05) is 13.8 Å². The van der Waals surface area contributed by atoms with Gasteiger partial charge in [0.05, 0.1) is 5.54 Å². The molecule has 0 fully saturated rings. The summed E-state index contributed by atoms with van der Waals surface area (Å²) in [6.45, 7) is 4.59. The summed E-state index contributed by atoms with van der Waals surface area (Å²) >= 11 is 0. The first-order valence-electron chi connectivity index (χ1n) is 3.87. The van der Waals surface area contributed by atoms with Crippen molar-refractivity contribution in [1.82, 2.24) is 0 Å². The van der Waals surface area contributed by atoms with Crippen LogP contribution in [0.1, 0.15) is 13.8 Å². The van der Waals surface area contributed by atoms with Crippen molar-refractivity contribution in [3.05, 3.63) is 0 Å². The summed E-state index contributed by atoms with van der Waals surface area (Å²) in [4.78, 5) is 4.31. The lowest BCUT2D eigenvalue weighted by Gasteiger charge is -2.11.